The molecular weight excluding hydrogens is 258 g/mol. The lowest BCUT2D eigenvalue weighted by atomic mass is 10.2. The maximum Gasteiger partial charge on any atom is 0.262 e. The highest BCUT2D eigenvalue weighted by atomic mass is 16.5. The standard InChI is InChI=1S/C14H11N3O3/c1-8-3-2-4-11(15-8)13-16-14(20-17-13)10-7-9(18)5-6-12(10)19/h2-7,18-19H,1H3. The summed E-state index contributed by atoms with van der Waals surface area (Å²) in [6.07, 6.45) is 0. The molecule has 0 atom stereocenters. The highest BCUT2D eigenvalue weighted by molar-refractivity contribution is 5.65. The molecule has 0 spiro atoms. The first-order chi connectivity index (χ1) is 9.63. The molecule has 6 heteroatoms. The number of phenols is 2. The number of aromatic hydroxyl groups is 2. The zero-order valence-electron chi connectivity index (χ0n) is 10.6. The van der Waals surface area contributed by atoms with Gasteiger partial charge in [0, 0.05) is 5.69 Å². The summed E-state index contributed by atoms with van der Waals surface area (Å²) >= 11 is 0. The van der Waals surface area contributed by atoms with Crippen LogP contribution in [-0.2, 0) is 0 Å². The van der Waals surface area contributed by atoms with E-state index >= 15 is 0 Å². The summed E-state index contributed by atoms with van der Waals surface area (Å²) in [5, 5.41) is 23.0. The summed E-state index contributed by atoms with van der Waals surface area (Å²) in [5.41, 5.74) is 1.70. The van der Waals surface area contributed by atoms with E-state index in [1.165, 1.54) is 18.2 Å². The number of phenolic OH excluding ortho intramolecular Hbond substituents is 2. The molecule has 2 aromatic heterocycles. The molecule has 0 aliphatic carbocycles. The molecule has 3 aromatic rings. The number of hydrogen-bond acceptors (Lipinski definition) is 6. The molecule has 3 rings (SSSR count). The monoisotopic (exact) mass is 269 g/mol. The molecule has 100 valence electrons. The van der Waals surface area contributed by atoms with Gasteiger partial charge in [-0.05, 0) is 37.3 Å². The number of hydrogen-bond donors (Lipinski definition) is 2. The van der Waals surface area contributed by atoms with Gasteiger partial charge >= 0.3 is 0 Å². The van der Waals surface area contributed by atoms with Gasteiger partial charge in [0.05, 0.1) is 5.56 Å². The van der Waals surface area contributed by atoms with Crippen LogP contribution < -0.4 is 0 Å². The number of aryl methyl sites for hydroxylation is 1. The minimum Gasteiger partial charge on any atom is -0.508 e. The van der Waals surface area contributed by atoms with Gasteiger partial charge in [-0.1, -0.05) is 11.2 Å². The second-order valence-electron chi connectivity index (χ2n) is 4.29. The Kier molecular flexibility index (Phi) is 2.83. The minimum absolute atomic E-state index is 0.00577. The lowest BCUT2D eigenvalue weighted by Crippen LogP contribution is -1.88. The van der Waals surface area contributed by atoms with E-state index in [1.807, 2.05) is 19.1 Å². The highest BCUT2D eigenvalue weighted by Crippen LogP contribution is 2.31. The van der Waals surface area contributed by atoms with Crippen molar-refractivity contribution in [1.82, 2.24) is 15.1 Å². The number of rotatable bonds is 2. The van der Waals surface area contributed by atoms with Gasteiger partial charge < -0.3 is 14.7 Å². The summed E-state index contributed by atoms with van der Waals surface area (Å²) < 4.78 is 5.11. The molecule has 0 aliphatic rings. The molecule has 20 heavy (non-hydrogen) atoms. The van der Waals surface area contributed by atoms with Crippen molar-refractivity contribution >= 4 is 0 Å². The summed E-state index contributed by atoms with van der Waals surface area (Å²) in [5.74, 6) is 0.407. The summed E-state index contributed by atoms with van der Waals surface area (Å²) in [6, 6.07) is 9.57. The molecular formula is C14H11N3O3. The number of pyridine rings is 1. The van der Waals surface area contributed by atoms with Crippen molar-refractivity contribution < 1.29 is 14.7 Å². The molecule has 1 aromatic carbocycles. The number of aromatic nitrogens is 3. The summed E-state index contributed by atoms with van der Waals surface area (Å²) in [6.45, 7) is 1.87. The van der Waals surface area contributed by atoms with Crippen LogP contribution in [-0.4, -0.2) is 25.3 Å². The fraction of sp³-hybridized carbons (Fsp3) is 0.0714. The minimum atomic E-state index is -0.0461. The molecule has 2 heterocycles. The number of nitrogens with zero attached hydrogens (tertiary/aromatic N) is 3. The zero-order chi connectivity index (χ0) is 14.1. The van der Waals surface area contributed by atoms with E-state index in [2.05, 4.69) is 15.1 Å². The Balaban J connectivity index is 2.04. The van der Waals surface area contributed by atoms with Crippen molar-refractivity contribution in [1.29, 1.82) is 0 Å². The molecule has 0 amide bonds. The third kappa shape index (κ3) is 2.18. The fourth-order valence-corrected chi connectivity index (χ4v) is 1.80. The van der Waals surface area contributed by atoms with E-state index in [1.54, 1.807) is 6.07 Å². The van der Waals surface area contributed by atoms with Crippen LogP contribution in [0.3, 0.4) is 0 Å². The van der Waals surface area contributed by atoms with Crippen molar-refractivity contribution in [2.75, 3.05) is 0 Å². The van der Waals surface area contributed by atoms with Gasteiger partial charge in [-0.2, -0.15) is 4.98 Å². The van der Waals surface area contributed by atoms with E-state index in [0.717, 1.165) is 5.69 Å². The third-order valence-electron chi connectivity index (χ3n) is 2.75. The van der Waals surface area contributed by atoms with Crippen molar-refractivity contribution in [2.24, 2.45) is 0 Å². The van der Waals surface area contributed by atoms with Crippen LogP contribution in [0.25, 0.3) is 23.0 Å². The predicted octanol–water partition coefficient (Wildman–Crippen LogP) is 2.52. The van der Waals surface area contributed by atoms with Crippen molar-refractivity contribution in [2.45, 2.75) is 6.92 Å². The Morgan fingerprint density at radius 2 is 1.90 bits per heavy atom. The van der Waals surface area contributed by atoms with Crippen molar-refractivity contribution in [3.63, 3.8) is 0 Å². The van der Waals surface area contributed by atoms with Crippen molar-refractivity contribution in [3.05, 3.63) is 42.1 Å². The molecule has 2 N–H and O–H groups in total. The molecule has 0 radical (unpaired) electrons. The Morgan fingerprint density at radius 3 is 2.70 bits per heavy atom. The van der Waals surface area contributed by atoms with Gasteiger partial charge in [-0.3, -0.25) is 0 Å². The van der Waals surface area contributed by atoms with Gasteiger partial charge in [0.2, 0.25) is 5.82 Å². The third-order valence-corrected chi connectivity index (χ3v) is 2.75. The van der Waals surface area contributed by atoms with Gasteiger partial charge in [0.1, 0.15) is 17.2 Å². The summed E-state index contributed by atoms with van der Waals surface area (Å²) in [7, 11) is 0. The highest BCUT2D eigenvalue weighted by Gasteiger charge is 2.15. The topological polar surface area (TPSA) is 92.3 Å². The second-order valence-corrected chi connectivity index (χ2v) is 4.29. The average molecular weight is 269 g/mol. The molecule has 0 unspecified atom stereocenters. The van der Waals surface area contributed by atoms with E-state index in [9.17, 15) is 10.2 Å². The smallest absolute Gasteiger partial charge is 0.262 e. The van der Waals surface area contributed by atoms with Crippen LogP contribution in [0.1, 0.15) is 5.69 Å². The van der Waals surface area contributed by atoms with Crippen LogP contribution in [0.2, 0.25) is 0 Å². The van der Waals surface area contributed by atoms with Crippen molar-refractivity contribution in [3.8, 4) is 34.5 Å². The van der Waals surface area contributed by atoms with Crippen LogP contribution in [0.4, 0.5) is 0 Å². The van der Waals surface area contributed by atoms with Crippen LogP contribution in [0.5, 0.6) is 11.5 Å². The predicted molar refractivity (Wildman–Crippen MR) is 71.0 cm³/mol. The Labute approximate surface area is 114 Å². The largest absolute Gasteiger partial charge is 0.508 e. The molecule has 0 aliphatic heterocycles. The Morgan fingerprint density at radius 1 is 1.05 bits per heavy atom. The van der Waals surface area contributed by atoms with E-state index in [4.69, 9.17) is 4.52 Å². The summed E-state index contributed by atoms with van der Waals surface area (Å²) in [4.78, 5) is 8.48. The van der Waals surface area contributed by atoms with E-state index < -0.39 is 0 Å². The lowest BCUT2D eigenvalue weighted by Gasteiger charge is -1.99. The Hall–Kier alpha value is -2.89. The van der Waals surface area contributed by atoms with Gasteiger partial charge in [-0.15, -0.1) is 0 Å². The SMILES string of the molecule is Cc1cccc(-c2noc(-c3cc(O)ccc3O)n2)n1. The number of benzene rings is 1. The van der Waals surface area contributed by atoms with Crippen LogP contribution >= 0.6 is 0 Å². The molecule has 6 nitrogen and oxygen atoms in total. The molecule has 0 fully saturated rings. The first kappa shape index (κ1) is 12.2. The normalized spacial score (nSPS) is 10.7. The maximum atomic E-state index is 9.76. The van der Waals surface area contributed by atoms with Gasteiger partial charge in [-0.25, -0.2) is 4.98 Å². The maximum absolute atomic E-state index is 9.76. The average Bonchev–Trinajstić information content (AvgIpc) is 2.91. The quantitative estimate of drug-likeness (QED) is 0.694. The molecule has 0 bridgehead atoms. The molecule has 0 saturated carbocycles. The first-order valence-corrected chi connectivity index (χ1v) is 5.93. The van der Waals surface area contributed by atoms with Gasteiger partial charge in [0.15, 0.2) is 0 Å². The molecule has 0 saturated heterocycles. The lowest BCUT2D eigenvalue weighted by molar-refractivity contribution is 0.423. The fourth-order valence-electron chi connectivity index (χ4n) is 1.80. The second kappa shape index (κ2) is 4.65. The van der Waals surface area contributed by atoms with Crippen LogP contribution in [0.15, 0.2) is 40.9 Å². The van der Waals surface area contributed by atoms with E-state index in [-0.39, 0.29) is 23.0 Å². The van der Waals surface area contributed by atoms with Gasteiger partial charge in [0.25, 0.3) is 5.89 Å². The van der Waals surface area contributed by atoms with E-state index in [0.29, 0.717) is 11.5 Å². The Bertz CT molecular complexity index is 768. The zero-order valence-corrected chi connectivity index (χ0v) is 10.6. The van der Waals surface area contributed by atoms with Crippen LogP contribution in [0, 0.1) is 6.92 Å². The first-order valence-electron chi connectivity index (χ1n) is 5.93.